The van der Waals surface area contributed by atoms with Crippen LogP contribution in [0.3, 0.4) is 0 Å². The van der Waals surface area contributed by atoms with Gasteiger partial charge in [0.05, 0.1) is 18.5 Å². The molecule has 0 aliphatic carbocycles. The van der Waals surface area contributed by atoms with Gasteiger partial charge in [-0.3, -0.25) is 9.97 Å². The minimum absolute atomic E-state index is 0.110. The zero-order chi connectivity index (χ0) is 16.9. The van der Waals surface area contributed by atoms with Gasteiger partial charge in [-0.15, -0.1) is 0 Å². The number of carbonyl (C=O) groups excluding carboxylic acids is 1. The molecule has 0 fully saturated rings. The Labute approximate surface area is 139 Å². The van der Waals surface area contributed by atoms with Gasteiger partial charge in [-0.1, -0.05) is 0 Å². The summed E-state index contributed by atoms with van der Waals surface area (Å²) >= 11 is 0. The van der Waals surface area contributed by atoms with E-state index in [1.165, 1.54) is 7.11 Å². The summed E-state index contributed by atoms with van der Waals surface area (Å²) in [5.74, 6) is 1.66. The molecule has 1 aliphatic heterocycles. The van der Waals surface area contributed by atoms with Crippen LogP contribution in [0, 0.1) is 0 Å². The number of aromatic nitrogens is 2. The van der Waals surface area contributed by atoms with Crippen molar-refractivity contribution in [2.24, 2.45) is 0 Å². The second-order valence-corrected chi connectivity index (χ2v) is 5.31. The van der Waals surface area contributed by atoms with Gasteiger partial charge in [0.2, 0.25) is 6.79 Å². The van der Waals surface area contributed by atoms with Gasteiger partial charge in [0.25, 0.3) is 0 Å². The number of fused-ring (bicyclic) bond motifs is 1. The van der Waals surface area contributed by atoms with Crippen LogP contribution in [0.4, 0.5) is 10.5 Å². The summed E-state index contributed by atoms with van der Waals surface area (Å²) in [5.41, 5.74) is 1.32. The first-order valence-electron chi connectivity index (χ1n) is 7.45. The van der Waals surface area contributed by atoms with Gasteiger partial charge in [-0.2, -0.15) is 0 Å². The summed E-state index contributed by atoms with van der Waals surface area (Å²) in [6.07, 6.45) is 5.50. The molecule has 0 saturated carbocycles. The first-order valence-corrected chi connectivity index (χ1v) is 7.45. The number of nitrogens with zero attached hydrogens (tertiary/aromatic N) is 2. The van der Waals surface area contributed by atoms with Crippen LogP contribution in [0.2, 0.25) is 0 Å². The van der Waals surface area contributed by atoms with E-state index in [4.69, 9.17) is 14.2 Å². The molecule has 1 atom stereocenters. The van der Waals surface area contributed by atoms with Crippen molar-refractivity contribution < 1.29 is 19.0 Å². The molecule has 8 heteroatoms. The van der Waals surface area contributed by atoms with E-state index in [2.05, 4.69) is 20.6 Å². The highest BCUT2D eigenvalue weighted by Crippen LogP contribution is 2.40. The molecule has 3 rings (SSSR count). The van der Waals surface area contributed by atoms with Crippen LogP contribution in [0.25, 0.3) is 0 Å². The highest BCUT2D eigenvalue weighted by molar-refractivity contribution is 5.91. The maximum Gasteiger partial charge on any atom is 0.319 e. The summed E-state index contributed by atoms with van der Waals surface area (Å²) in [7, 11) is 1.53. The Morgan fingerprint density at radius 1 is 1.33 bits per heavy atom. The fourth-order valence-electron chi connectivity index (χ4n) is 2.37. The number of hydrogen-bond donors (Lipinski definition) is 2. The van der Waals surface area contributed by atoms with Crippen LogP contribution in [-0.4, -0.2) is 35.9 Å². The molecule has 0 spiro atoms. The lowest BCUT2D eigenvalue weighted by molar-refractivity contribution is 0.174. The molecule has 24 heavy (non-hydrogen) atoms. The number of benzene rings is 1. The van der Waals surface area contributed by atoms with Crippen LogP contribution in [0.1, 0.15) is 12.6 Å². The van der Waals surface area contributed by atoms with Gasteiger partial charge >= 0.3 is 6.03 Å². The van der Waals surface area contributed by atoms with Crippen molar-refractivity contribution in [1.29, 1.82) is 0 Å². The average molecular weight is 330 g/mol. The molecule has 126 valence electrons. The largest absolute Gasteiger partial charge is 0.494 e. The van der Waals surface area contributed by atoms with Crippen molar-refractivity contribution in [1.82, 2.24) is 15.3 Å². The molecule has 2 amide bonds. The quantitative estimate of drug-likeness (QED) is 0.870. The SMILES string of the molecule is COc1cc2c(cc1NC(=O)N[C@@H](C)Cc1cnccn1)OCO2. The van der Waals surface area contributed by atoms with Crippen LogP contribution in [0.15, 0.2) is 30.7 Å². The Hall–Kier alpha value is -3.03. The number of anilines is 1. The van der Waals surface area contributed by atoms with Crippen LogP contribution in [0.5, 0.6) is 17.2 Å². The lowest BCUT2D eigenvalue weighted by atomic mass is 10.2. The molecule has 0 radical (unpaired) electrons. The highest BCUT2D eigenvalue weighted by Gasteiger charge is 2.19. The highest BCUT2D eigenvalue weighted by atomic mass is 16.7. The minimum atomic E-state index is -0.344. The van der Waals surface area contributed by atoms with Gasteiger partial charge < -0.3 is 24.8 Å². The third kappa shape index (κ3) is 3.65. The van der Waals surface area contributed by atoms with Crippen molar-refractivity contribution >= 4 is 11.7 Å². The van der Waals surface area contributed by atoms with Crippen molar-refractivity contribution in [3.05, 3.63) is 36.4 Å². The molecule has 0 unspecified atom stereocenters. The van der Waals surface area contributed by atoms with Crippen LogP contribution in [-0.2, 0) is 6.42 Å². The monoisotopic (exact) mass is 330 g/mol. The van der Waals surface area contributed by atoms with E-state index in [-0.39, 0.29) is 18.9 Å². The molecule has 1 aliphatic rings. The minimum Gasteiger partial charge on any atom is -0.494 e. The first kappa shape index (κ1) is 15.9. The predicted molar refractivity (Wildman–Crippen MR) is 86.5 cm³/mol. The van der Waals surface area contributed by atoms with E-state index >= 15 is 0 Å². The fraction of sp³-hybridized carbons (Fsp3) is 0.312. The molecule has 8 nitrogen and oxygen atoms in total. The third-order valence-electron chi connectivity index (χ3n) is 3.45. The van der Waals surface area contributed by atoms with Gasteiger partial charge in [0, 0.05) is 43.2 Å². The van der Waals surface area contributed by atoms with E-state index in [0.29, 0.717) is 29.4 Å². The Balaban J connectivity index is 1.62. The summed E-state index contributed by atoms with van der Waals surface area (Å²) in [5, 5.41) is 5.61. The van der Waals surface area contributed by atoms with Crippen LogP contribution < -0.4 is 24.8 Å². The molecule has 1 aromatic carbocycles. The van der Waals surface area contributed by atoms with Gasteiger partial charge in [0.15, 0.2) is 11.5 Å². The van der Waals surface area contributed by atoms with E-state index in [0.717, 1.165) is 5.69 Å². The molecule has 2 aromatic rings. The lowest BCUT2D eigenvalue weighted by Crippen LogP contribution is -2.37. The Bertz CT molecular complexity index is 724. The predicted octanol–water partition coefficient (Wildman–Crippen LogP) is 1.97. The molecule has 0 bridgehead atoms. The van der Waals surface area contributed by atoms with E-state index in [1.54, 1.807) is 30.7 Å². The Kier molecular flexibility index (Phi) is 4.64. The number of methoxy groups -OCH3 is 1. The summed E-state index contributed by atoms with van der Waals surface area (Å²) in [6.45, 7) is 2.05. The zero-order valence-electron chi connectivity index (χ0n) is 13.4. The number of nitrogens with one attached hydrogen (secondary N) is 2. The topological polar surface area (TPSA) is 94.6 Å². The number of hydrogen-bond acceptors (Lipinski definition) is 6. The van der Waals surface area contributed by atoms with Crippen LogP contribution >= 0.6 is 0 Å². The molecular formula is C16H18N4O4. The zero-order valence-corrected chi connectivity index (χ0v) is 13.4. The second-order valence-electron chi connectivity index (χ2n) is 5.31. The molecule has 2 N–H and O–H groups in total. The second kappa shape index (κ2) is 7.03. The van der Waals surface area contributed by atoms with Gasteiger partial charge in [-0.05, 0) is 6.92 Å². The number of urea groups is 1. The van der Waals surface area contributed by atoms with Crippen molar-refractivity contribution in [3.8, 4) is 17.2 Å². The standard InChI is InChI=1S/C16H18N4O4/c1-10(5-11-8-17-3-4-18-11)19-16(21)20-12-6-14-15(24-9-23-14)7-13(12)22-2/h3-4,6-8,10H,5,9H2,1-2H3,(H2,19,20,21)/t10-/m0/s1. The maximum atomic E-state index is 12.2. The smallest absolute Gasteiger partial charge is 0.319 e. The number of carbonyl (C=O) groups is 1. The van der Waals surface area contributed by atoms with Crippen molar-refractivity contribution in [3.63, 3.8) is 0 Å². The average Bonchev–Trinajstić information content (AvgIpc) is 3.01. The van der Waals surface area contributed by atoms with Gasteiger partial charge in [-0.25, -0.2) is 4.79 Å². The van der Waals surface area contributed by atoms with E-state index in [9.17, 15) is 4.79 Å². The lowest BCUT2D eigenvalue weighted by Gasteiger charge is -2.16. The normalized spacial score (nSPS) is 13.2. The third-order valence-corrected chi connectivity index (χ3v) is 3.45. The fourth-order valence-corrected chi connectivity index (χ4v) is 2.37. The van der Waals surface area contributed by atoms with E-state index in [1.807, 2.05) is 6.92 Å². The molecular weight excluding hydrogens is 312 g/mol. The van der Waals surface area contributed by atoms with Crippen molar-refractivity contribution in [2.45, 2.75) is 19.4 Å². The summed E-state index contributed by atoms with van der Waals surface area (Å²) in [6, 6.07) is 2.90. The molecule has 0 saturated heterocycles. The Morgan fingerprint density at radius 2 is 2.12 bits per heavy atom. The maximum absolute atomic E-state index is 12.2. The molecule has 2 heterocycles. The first-order chi connectivity index (χ1) is 11.7. The summed E-state index contributed by atoms with van der Waals surface area (Å²) in [4.78, 5) is 20.4. The number of amides is 2. The summed E-state index contributed by atoms with van der Waals surface area (Å²) < 4.78 is 15.9. The number of ether oxygens (including phenoxy) is 3. The Morgan fingerprint density at radius 3 is 2.83 bits per heavy atom. The number of rotatable bonds is 5. The molecule has 1 aromatic heterocycles. The van der Waals surface area contributed by atoms with E-state index < -0.39 is 0 Å². The van der Waals surface area contributed by atoms with Gasteiger partial charge in [0.1, 0.15) is 5.75 Å². The van der Waals surface area contributed by atoms with Crippen molar-refractivity contribution in [2.75, 3.05) is 19.2 Å².